The van der Waals surface area contributed by atoms with E-state index in [9.17, 15) is 4.79 Å². The monoisotopic (exact) mass is 248 g/mol. The summed E-state index contributed by atoms with van der Waals surface area (Å²) in [6, 6.07) is 6.08. The average molecular weight is 248 g/mol. The lowest BCUT2D eigenvalue weighted by Gasteiger charge is -2.34. The number of carbonyl (C=O) groups excluding carboxylic acids is 1. The van der Waals surface area contributed by atoms with Gasteiger partial charge in [0.1, 0.15) is 0 Å². The molecule has 4 heteroatoms. The third-order valence-corrected chi connectivity index (χ3v) is 3.45. The number of anilines is 1. The maximum atomic E-state index is 12.2. The van der Waals surface area contributed by atoms with E-state index in [1.165, 1.54) is 0 Å². The fraction of sp³-hybridized carbons (Fsp3) is 0.500. The molecule has 1 aliphatic rings. The molecule has 1 saturated carbocycles. The molecule has 1 fully saturated rings. The van der Waals surface area contributed by atoms with Gasteiger partial charge in [0, 0.05) is 25.9 Å². The van der Waals surface area contributed by atoms with E-state index in [-0.39, 0.29) is 11.9 Å². The number of nitrogens with one attached hydrogen (secondary N) is 2. The van der Waals surface area contributed by atoms with Crippen LogP contribution in [-0.2, 0) is 4.74 Å². The van der Waals surface area contributed by atoms with Gasteiger partial charge in [-0.1, -0.05) is 11.6 Å². The van der Waals surface area contributed by atoms with E-state index in [2.05, 4.69) is 10.6 Å². The van der Waals surface area contributed by atoms with Crippen molar-refractivity contribution in [3.05, 3.63) is 29.3 Å². The Bertz CT molecular complexity index is 439. The molecular weight excluding hydrogens is 228 g/mol. The number of hydrogen-bond donors (Lipinski definition) is 2. The molecule has 0 aliphatic heterocycles. The molecule has 2 N–H and O–H groups in total. The number of amides is 1. The van der Waals surface area contributed by atoms with Crippen LogP contribution in [0.2, 0.25) is 0 Å². The molecule has 0 aromatic heterocycles. The topological polar surface area (TPSA) is 50.4 Å². The summed E-state index contributed by atoms with van der Waals surface area (Å²) in [7, 11) is 3.54. The first-order valence-corrected chi connectivity index (χ1v) is 6.26. The minimum atomic E-state index is -0.0115. The van der Waals surface area contributed by atoms with E-state index < -0.39 is 0 Å². The van der Waals surface area contributed by atoms with Gasteiger partial charge in [-0.25, -0.2) is 0 Å². The SMILES string of the molecule is CNc1ccc(C)cc1C(=O)NC1CC(OC)C1. The lowest BCUT2D eigenvalue weighted by Crippen LogP contribution is -2.47. The standard InChI is InChI=1S/C14H20N2O2/c1-9-4-5-13(15-2)12(6-9)14(17)16-10-7-11(8-10)18-3/h4-6,10-11,15H,7-8H2,1-3H3,(H,16,17). The fourth-order valence-electron chi connectivity index (χ4n) is 2.20. The molecule has 1 aromatic carbocycles. The molecule has 18 heavy (non-hydrogen) atoms. The minimum Gasteiger partial charge on any atom is -0.387 e. The van der Waals surface area contributed by atoms with Gasteiger partial charge < -0.3 is 15.4 Å². The molecule has 0 radical (unpaired) electrons. The maximum Gasteiger partial charge on any atom is 0.253 e. The Balaban J connectivity index is 2.02. The Morgan fingerprint density at radius 2 is 2.11 bits per heavy atom. The smallest absolute Gasteiger partial charge is 0.253 e. The highest BCUT2D eigenvalue weighted by molar-refractivity contribution is 6.00. The molecule has 0 unspecified atom stereocenters. The van der Waals surface area contributed by atoms with Gasteiger partial charge in [-0.15, -0.1) is 0 Å². The predicted molar refractivity (Wildman–Crippen MR) is 72.0 cm³/mol. The Hall–Kier alpha value is -1.55. The summed E-state index contributed by atoms with van der Waals surface area (Å²) in [5.41, 5.74) is 2.65. The van der Waals surface area contributed by atoms with E-state index in [1.54, 1.807) is 7.11 Å². The predicted octanol–water partition coefficient (Wildman–Crippen LogP) is 1.94. The summed E-state index contributed by atoms with van der Waals surface area (Å²) in [5, 5.41) is 6.09. The van der Waals surface area contributed by atoms with Crippen molar-refractivity contribution in [1.82, 2.24) is 5.32 Å². The van der Waals surface area contributed by atoms with Crippen LogP contribution in [0.1, 0.15) is 28.8 Å². The zero-order valence-corrected chi connectivity index (χ0v) is 11.1. The second kappa shape index (κ2) is 5.40. The third kappa shape index (κ3) is 2.64. The summed E-state index contributed by atoms with van der Waals surface area (Å²) in [5.74, 6) is -0.0115. The highest BCUT2D eigenvalue weighted by Gasteiger charge is 2.30. The largest absolute Gasteiger partial charge is 0.387 e. The summed E-state index contributed by atoms with van der Waals surface area (Å²) < 4.78 is 5.20. The normalized spacial score (nSPS) is 22.2. The number of aryl methyl sites for hydroxylation is 1. The zero-order valence-electron chi connectivity index (χ0n) is 11.1. The Labute approximate surface area is 108 Å². The number of carbonyl (C=O) groups is 1. The number of ether oxygens (including phenoxy) is 1. The van der Waals surface area contributed by atoms with Gasteiger partial charge in [0.25, 0.3) is 5.91 Å². The molecule has 0 saturated heterocycles. The van der Waals surface area contributed by atoms with Gasteiger partial charge in [0.05, 0.1) is 11.7 Å². The van der Waals surface area contributed by atoms with E-state index >= 15 is 0 Å². The van der Waals surface area contributed by atoms with Crippen LogP contribution < -0.4 is 10.6 Å². The number of rotatable bonds is 4. The van der Waals surface area contributed by atoms with Gasteiger partial charge >= 0.3 is 0 Å². The third-order valence-electron chi connectivity index (χ3n) is 3.45. The van der Waals surface area contributed by atoms with Gasteiger partial charge in [-0.3, -0.25) is 4.79 Å². The molecule has 1 aromatic rings. The van der Waals surface area contributed by atoms with Gasteiger partial charge in [-0.05, 0) is 31.9 Å². The van der Waals surface area contributed by atoms with Crippen LogP contribution in [0.25, 0.3) is 0 Å². The number of benzene rings is 1. The average Bonchev–Trinajstić information content (AvgIpc) is 2.32. The van der Waals surface area contributed by atoms with Crippen LogP contribution in [0, 0.1) is 6.92 Å². The number of hydrogen-bond acceptors (Lipinski definition) is 3. The van der Waals surface area contributed by atoms with Crippen molar-refractivity contribution in [1.29, 1.82) is 0 Å². The molecule has 0 spiro atoms. The van der Waals surface area contributed by atoms with E-state index in [0.717, 1.165) is 24.1 Å². The summed E-state index contributed by atoms with van der Waals surface area (Å²) >= 11 is 0. The van der Waals surface area contributed by atoms with E-state index in [4.69, 9.17) is 4.74 Å². The van der Waals surface area contributed by atoms with Gasteiger partial charge in [0.15, 0.2) is 0 Å². The lowest BCUT2D eigenvalue weighted by atomic mass is 9.89. The number of methoxy groups -OCH3 is 1. The van der Waals surface area contributed by atoms with Crippen molar-refractivity contribution in [3.8, 4) is 0 Å². The van der Waals surface area contributed by atoms with Crippen molar-refractivity contribution < 1.29 is 9.53 Å². The Morgan fingerprint density at radius 1 is 1.39 bits per heavy atom. The van der Waals surface area contributed by atoms with Gasteiger partial charge in [0.2, 0.25) is 0 Å². The Morgan fingerprint density at radius 3 is 2.72 bits per heavy atom. The maximum absolute atomic E-state index is 12.2. The van der Waals surface area contributed by atoms with Crippen LogP contribution in [0.15, 0.2) is 18.2 Å². The molecule has 0 heterocycles. The highest BCUT2D eigenvalue weighted by atomic mass is 16.5. The van der Waals surface area contributed by atoms with Crippen molar-refractivity contribution in [2.75, 3.05) is 19.5 Å². The molecule has 0 atom stereocenters. The van der Waals surface area contributed by atoms with Crippen LogP contribution >= 0.6 is 0 Å². The highest BCUT2D eigenvalue weighted by Crippen LogP contribution is 2.24. The van der Waals surface area contributed by atoms with Crippen molar-refractivity contribution in [3.63, 3.8) is 0 Å². The Kier molecular flexibility index (Phi) is 3.87. The lowest BCUT2D eigenvalue weighted by molar-refractivity contribution is 0.0176. The van der Waals surface area contributed by atoms with E-state index in [1.807, 2.05) is 32.2 Å². The molecular formula is C14H20N2O2. The molecule has 1 amide bonds. The van der Waals surface area contributed by atoms with Crippen LogP contribution in [0.3, 0.4) is 0 Å². The first-order valence-electron chi connectivity index (χ1n) is 6.26. The molecule has 2 rings (SSSR count). The quantitative estimate of drug-likeness (QED) is 0.856. The summed E-state index contributed by atoms with van der Waals surface area (Å²) in [4.78, 5) is 12.2. The summed E-state index contributed by atoms with van der Waals surface area (Å²) in [6.45, 7) is 1.99. The van der Waals surface area contributed by atoms with Gasteiger partial charge in [-0.2, -0.15) is 0 Å². The molecule has 98 valence electrons. The summed E-state index contributed by atoms with van der Waals surface area (Å²) in [6.07, 6.45) is 2.11. The second-order valence-electron chi connectivity index (χ2n) is 4.80. The minimum absolute atomic E-state index is 0.0115. The van der Waals surface area contributed by atoms with Crippen molar-refractivity contribution in [2.24, 2.45) is 0 Å². The first-order chi connectivity index (χ1) is 8.63. The molecule has 4 nitrogen and oxygen atoms in total. The zero-order chi connectivity index (χ0) is 13.1. The molecule has 0 bridgehead atoms. The fourth-order valence-corrected chi connectivity index (χ4v) is 2.20. The van der Waals surface area contributed by atoms with Crippen molar-refractivity contribution in [2.45, 2.75) is 31.9 Å². The van der Waals surface area contributed by atoms with Crippen LogP contribution in [0.4, 0.5) is 5.69 Å². The van der Waals surface area contributed by atoms with Crippen molar-refractivity contribution >= 4 is 11.6 Å². The van der Waals surface area contributed by atoms with Crippen LogP contribution in [0.5, 0.6) is 0 Å². The second-order valence-corrected chi connectivity index (χ2v) is 4.80. The first kappa shape index (κ1) is 12.9. The van der Waals surface area contributed by atoms with E-state index in [0.29, 0.717) is 11.7 Å². The molecule has 1 aliphatic carbocycles. The van der Waals surface area contributed by atoms with Crippen LogP contribution in [-0.4, -0.2) is 32.2 Å².